The van der Waals surface area contributed by atoms with Gasteiger partial charge in [0.15, 0.2) is 18.2 Å². The molecule has 0 saturated heterocycles. The third-order valence-corrected chi connectivity index (χ3v) is 8.63. The molecule has 0 aromatic heterocycles. The van der Waals surface area contributed by atoms with Gasteiger partial charge in [0.2, 0.25) is 0 Å². The molecule has 5 heteroatoms. The lowest BCUT2D eigenvalue weighted by atomic mass is 9.45. The normalized spacial score (nSPS) is 50.5. The minimum atomic E-state index is -1.67. The molecule has 7 atom stereocenters. The molecule has 0 bridgehead atoms. The van der Waals surface area contributed by atoms with Gasteiger partial charge >= 0.3 is 0 Å². The first-order valence-corrected chi connectivity index (χ1v) is 9.91. The molecule has 26 heavy (non-hydrogen) atoms. The number of carbonyl (C=O) groups is 2. The Morgan fingerprint density at radius 2 is 2.00 bits per heavy atom. The van der Waals surface area contributed by atoms with Gasteiger partial charge in [-0.2, -0.15) is 0 Å². The summed E-state index contributed by atoms with van der Waals surface area (Å²) in [5.41, 5.74) is -1.48. The number of hydrogen-bond acceptors (Lipinski definition) is 4. The summed E-state index contributed by atoms with van der Waals surface area (Å²) >= 11 is 0. The van der Waals surface area contributed by atoms with Crippen molar-refractivity contribution < 1.29 is 24.2 Å². The monoisotopic (exact) mass is 364 g/mol. The number of alkyl halides is 1. The number of Topliss-reactive ketones (excluding diaryl/α,β-unsaturated/α-hetero) is 1. The second-order valence-electron chi connectivity index (χ2n) is 9.53. The van der Waals surface area contributed by atoms with E-state index in [4.69, 9.17) is 0 Å². The molecule has 4 aliphatic rings. The Labute approximate surface area is 153 Å². The van der Waals surface area contributed by atoms with Crippen LogP contribution in [0.4, 0.5) is 4.39 Å². The van der Waals surface area contributed by atoms with E-state index >= 15 is 0 Å². The maximum atomic E-state index is 13.2. The smallest absolute Gasteiger partial charge is 0.195 e. The second-order valence-corrected chi connectivity index (χ2v) is 9.53. The van der Waals surface area contributed by atoms with Gasteiger partial charge < -0.3 is 10.2 Å². The second kappa shape index (κ2) is 5.71. The van der Waals surface area contributed by atoms with Crippen LogP contribution in [0.25, 0.3) is 0 Å². The first-order valence-electron chi connectivity index (χ1n) is 9.91. The van der Waals surface area contributed by atoms with Crippen molar-refractivity contribution in [3.05, 3.63) is 11.6 Å². The molecule has 2 N–H and O–H groups in total. The van der Waals surface area contributed by atoms with Gasteiger partial charge in [-0.15, -0.1) is 0 Å². The van der Waals surface area contributed by atoms with Gasteiger partial charge in [0.1, 0.15) is 5.60 Å². The van der Waals surface area contributed by atoms with Crippen LogP contribution in [0.5, 0.6) is 0 Å². The molecule has 3 fully saturated rings. The Morgan fingerprint density at radius 1 is 1.27 bits per heavy atom. The lowest BCUT2D eigenvalue weighted by Gasteiger charge is -2.60. The van der Waals surface area contributed by atoms with E-state index in [-0.39, 0.29) is 35.4 Å². The molecule has 0 aromatic carbocycles. The molecule has 0 heterocycles. The molecule has 4 aliphatic carbocycles. The van der Waals surface area contributed by atoms with Gasteiger partial charge in [-0.1, -0.05) is 19.4 Å². The zero-order valence-electron chi connectivity index (χ0n) is 15.6. The molecule has 0 spiro atoms. The number of carbonyl (C=O) groups excluding carboxylic acids is 2. The molecule has 4 rings (SSSR count). The number of halogens is 1. The van der Waals surface area contributed by atoms with Crippen molar-refractivity contribution >= 4 is 11.6 Å². The van der Waals surface area contributed by atoms with E-state index in [2.05, 4.69) is 6.92 Å². The summed E-state index contributed by atoms with van der Waals surface area (Å²) < 4.78 is 13.2. The van der Waals surface area contributed by atoms with Crippen LogP contribution >= 0.6 is 0 Å². The largest absolute Gasteiger partial charge is 0.393 e. The number of ketones is 2. The maximum Gasteiger partial charge on any atom is 0.195 e. The molecular weight excluding hydrogens is 335 g/mol. The van der Waals surface area contributed by atoms with Crippen LogP contribution in [-0.4, -0.2) is 40.2 Å². The Balaban J connectivity index is 1.74. The van der Waals surface area contributed by atoms with E-state index in [0.717, 1.165) is 24.8 Å². The Morgan fingerprint density at radius 3 is 2.69 bits per heavy atom. The fourth-order valence-corrected chi connectivity index (χ4v) is 7.26. The number of fused-ring (bicyclic) bond motifs is 5. The lowest BCUT2D eigenvalue weighted by Crippen LogP contribution is -2.61. The molecule has 4 nitrogen and oxygen atoms in total. The van der Waals surface area contributed by atoms with Gasteiger partial charge in [-0.3, -0.25) is 9.59 Å². The van der Waals surface area contributed by atoms with E-state index in [0.29, 0.717) is 19.3 Å². The van der Waals surface area contributed by atoms with Crippen LogP contribution in [0.2, 0.25) is 0 Å². The van der Waals surface area contributed by atoms with Crippen molar-refractivity contribution in [2.45, 2.75) is 70.5 Å². The topological polar surface area (TPSA) is 74.6 Å². The Hall–Kier alpha value is -1.07. The summed E-state index contributed by atoms with van der Waals surface area (Å²) in [6, 6.07) is 0. The average molecular weight is 364 g/mol. The molecule has 0 radical (unpaired) electrons. The van der Waals surface area contributed by atoms with Gasteiger partial charge in [-0.05, 0) is 67.8 Å². The molecule has 3 saturated carbocycles. The first-order chi connectivity index (χ1) is 12.2. The van der Waals surface area contributed by atoms with E-state index in [1.54, 1.807) is 6.08 Å². The van der Waals surface area contributed by atoms with Crippen LogP contribution < -0.4 is 0 Å². The third kappa shape index (κ3) is 2.13. The third-order valence-electron chi connectivity index (χ3n) is 8.63. The molecule has 0 aliphatic heterocycles. The van der Waals surface area contributed by atoms with E-state index in [1.807, 2.05) is 6.92 Å². The van der Waals surface area contributed by atoms with Crippen LogP contribution in [0.1, 0.15) is 58.8 Å². The lowest BCUT2D eigenvalue weighted by molar-refractivity contribution is -0.181. The molecule has 0 unspecified atom stereocenters. The summed E-state index contributed by atoms with van der Waals surface area (Å²) in [7, 11) is 0. The van der Waals surface area contributed by atoms with Crippen LogP contribution in [0.15, 0.2) is 11.6 Å². The Kier molecular flexibility index (Phi) is 4.02. The van der Waals surface area contributed by atoms with Gasteiger partial charge in [-0.25, -0.2) is 4.39 Å². The highest BCUT2D eigenvalue weighted by molar-refractivity contribution is 5.91. The van der Waals surface area contributed by atoms with Crippen molar-refractivity contribution in [1.29, 1.82) is 0 Å². The van der Waals surface area contributed by atoms with E-state index in [9.17, 15) is 24.2 Å². The standard InChI is InChI=1S/C21H29FO4/c1-19-7-5-13(23)9-12(19)3-4-14-15-6-8-21(26,17(25)11-22)20(15,2)10-16(24)18(14)19/h9,14-16,18,24,26H,3-8,10-11H2,1-2H3/t14-,15-,16+,18+,19-,20-,21+/m0/s1. The predicted molar refractivity (Wildman–Crippen MR) is 94.0 cm³/mol. The van der Waals surface area contributed by atoms with Crippen molar-refractivity contribution in [3.63, 3.8) is 0 Å². The minimum absolute atomic E-state index is 0.0384. The van der Waals surface area contributed by atoms with Crippen molar-refractivity contribution in [2.24, 2.45) is 28.6 Å². The molecule has 0 amide bonds. The van der Waals surface area contributed by atoms with Gasteiger partial charge in [0.05, 0.1) is 6.10 Å². The van der Waals surface area contributed by atoms with Gasteiger partial charge in [0, 0.05) is 11.8 Å². The predicted octanol–water partition coefficient (Wildman–Crippen LogP) is 2.76. The quantitative estimate of drug-likeness (QED) is 0.790. The number of aliphatic hydroxyl groups excluding tert-OH is 1. The SMILES string of the molecule is C[C@]12CCC(=O)C=C1CC[C@@H]1[C@@H]2[C@H](O)C[C@@]2(C)[C@H]1CC[C@@]2(O)C(=O)CF. The highest BCUT2D eigenvalue weighted by atomic mass is 19.1. The summed E-state index contributed by atoms with van der Waals surface area (Å²) in [5, 5.41) is 22.2. The summed E-state index contributed by atoms with van der Waals surface area (Å²) in [6.45, 7) is 2.88. The van der Waals surface area contributed by atoms with Crippen molar-refractivity contribution in [1.82, 2.24) is 0 Å². The van der Waals surface area contributed by atoms with Crippen LogP contribution in [0.3, 0.4) is 0 Å². The molecule has 144 valence electrons. The summed E-state index contributed by atoms with van der Waals surface area (Å²) in [6.07, 6.45) is 5.39. The van der Waals surface area contributed by atoms with Crippen LogP contribution in [0, 0.1) is 28.6 Å². The zero-order chi connectivity index (χ0) is 18.9. The van der Waals surface area contributed by atoms with Crippen molar-refractivity contribution in [3.8, 4) is 0 Å². The van der Waals surface area contributed by atoms with Gasteiger partial charge in [0.25, 0.3) is 0 Å². The number of aliphatic hydroxyl groups is 2. The highest BCUT2D eigenvalue weighted by Gasteiger charge is 2.68. The molecule has 0 aromatic rings. The fourth-order valence-electron chi connectivity index (χ4n) is 7.26. The van der Waals surface area contributed by atoms with Crippen molar-refractivity contribution in [2.75, 3.05) is 6.67 Å². The van der Waals surface area contributed by atoms with Crippen LogP contribution in [-0.2, 0) is 9.59 Å². The minimum Gasteiger partial charge on any atom is -0.393 e. The van der Waals surface area contributed by atoms with E-state index in [1.165, 1.54) is 0 Å². The maximum absolute atomic E-state index is 13.2. The Bertz CT molecular complexity index is 687. The number of rotatable bonds is 2. The number of hydrogen-bond donors (Lipinski definition) is 2. The summed E-state index contributed by atoms with van der Waals surface area (Å²) in [4.78, 5) is 24.1. The zero-order valence-corrected chi connectivity index (χ0v) is 15.6. The molecular formula is C21H29FO4. The van der Waals surface area contributed by atoms with E-state index < -0.39 is 29.6 Å². The number of allylic oxidation sites excluding steroid dienone is 1. The fraction of sp³-hybridized carbons (Fsp3) is 0.810. The summed E-state index contributed by atoms with van der Waals surface area (Å²) in [5.74, 6) is -0.224. The average Bonchev–Trinajstić information content (AvgIpc) is 2.86. The highest BCUT2D eigenvalue weighted by Crippen LogP contribution is 2.67. The first kappa shape index (κ1) is 18.3.